The molecule has 0 amide bonds. The van der Waals surface area contributed by atoms with Crippen LogP contribution in [0.4, 0.5) is 5.69 Å². The van der Waals surface area contributed by atoms with Crippen molar-refractivity contribution in [3.05, 3.63) is 118 Å². The fourth-order valence-corrected chi connectivity index (χ4v) is 4.85. The Kier molecular flexibility index (Phi) is 4.00. The first-order valence-electron chi connectivity index (χ1n) is 9.36. The van der Waals surface area contributed by atoms with Gasteiger partial charge in [0.2, 0.25) is 5.60 Å². The number of nitrogens with zero attached hydrogens (tertiary/aromatic N) is 1. The first-order valence-corrected chi connectivity index (χ1v) is 10.2. The Bertz CT molecular complexity index is 1180. The molecule has 0 aliphatic carbocycles. The second kappa shape index (κ2) is 6.46. The van der Waals surface area contributed by atoms with Gasteiger partial charge in [0.05, 0.1) is 17.0 Å². The first-order chi connectivity index (χ1) is 14.1. The number of hydrogen-bond donors (Lipinski definition) is 0. The van der Waals surface area contributed by atoms with E-state index in [4.69, 9.17) is 4.74 Å². The van der Waals surface area contributed by atoms with Crippen molar-refractivity contribution < 1.29 is 9.53 Å². The fourth-order valence-electron chi connectivity index (χ4n) is 4.22. The number of Topliss-reactive ketones (excluding diaryl/α,β-unsaturated/α-hetero) is 1. The van der Waals surface area contributed by atoms with Crippen LogP contribution in [0.5, 0.6) is 0 Å². The van der Waals surface area contributed by atoms with Crippen LogP contribution in [0.1, 0.15) is 21.5 Å². The maximum absolute atomic E-state index is 13.7. The van der Waals surface area contributed by atoms with E-state index in [1.165, 1.54) is 0 Å². The molecule has 0 saturated carbocycles. The van der Waals surface area contributed by atoms with Gasteiger partial charge in [-0.1, -0.05) is 79.4 Å². The van der Waals surface area contributed by atoms with Crippen LogP contribution in [0.15, 0.2) is 101 Å². The van der Waals surface area contributed by atoms with E-state index >= 15 is 0 Å². The van der Waals surface area contributed by atoms with Crippen molar-refractivity contribution in [1.82, 2.24) is 0 Å². The molecule has 3 nitrogen and oxygen atoms in total. The van der Waals surface area contributed by atoms with Gasteiger partial charge in [-0.15, -0.1) is 0 Å². The van der Waals surface area contributed by atoms with Crippen LogP contribution >= 0.6 is 15.9 Å². The number of anilines is 1. The van der Waals surface area contributed by atoms with Crippen molar-refractivity contribution in [3.8, 4) is 0 Å². The zero-order chi connectivity index (χ0) is 20.2. The number of carbonyl (C=O) groups excluding carboxylic acids is 1. The molecule has 0 aromatic heterocycles. The van der Waals surface area contributed by atoms with Crippen molar-refractivity contribution >= 4 is 33.2 Å². The maximum atomic E-state index is 13.7. The number of benzene rings is 3. The Hall–Kier alpha value is -3.11. The van der Waals surface area contributed by atoms with Gasteiger partial charge in [0.15, 0.2) is 5.78 Å². The summed E-state index contributed by atoms with van der Waals surface area (Å²) in [6, 6.07) is 25.1. The summed E-state index contributed by atoms with van der Waals surface area (Å²) in [6.07, 6.45) is 0. The topological polar surface area (TPSA) is 29.5 Å². The molecule has 5 rings (SSSR count). The van der Waals surface area contributed by atoms with E-state index in [1.54, 1.807) is 0 Å². The molecule has 2 aliphatic heterocycles. The van der Waals surface area contributed by atoms with E-state index in [-0.39, 0.29) is 5.78 Å². The van der Waals surface area contributed by atoms with Crippen molar-refractivity contribution in [2.75, 3.05) is 11.9 Å². The molecule has 2 aliphatic rings. The standard InChI is InChI=1S/C25H18BrNO2/c1-16-25(19-14-9-15-20(26)22(19)27(16)2)21(23(28)17-10-5-3-6-11-17)24(29-25)18-12-7-4-8-13-18/h3-15H,1H2,2H3/t25-/m1/s1. The van der Waals surface area contributed by atoms with Crippen molar-refractivity contribution in [2.24, 2.45) is 0 Å². The molecule has 2 heterocycles. The predicted molar refractivity (Wildman–Crippen MR) is 119 cm³/mol. The van der Waals surface area contributed by atoms with E-state index < -0.39 is 5.60 Å². The highest BCUT2D eigenvalue weighted by molar-refractivity contribution is 9.10. The first kappa shape index (κ1) is 18.0. The molecule has 29 heavy (non-hydrogen) atoms. The summed E-state index contributed by atoms with van der Waals surface area (Å²) in [7, 11) is 1.95. The third kappa shape index (κ3) is 2.39. The molecule has 0 radical (unpaired) electrons. The van der Waals surface area contributed by atoms with Crippen LogP contribution in [0.2, 0.25) is 0 Å². The third-order valence-electron chi connectivity index (χ3n) is 5.65. The van der Waals surface area contributed by atoms with Crippen molar-refractivity contribution in [3.63, 3.8) is 0 Å². The van der Waals surface area contributed by atoms with E-state index in [9.17, 15) is 4.79 Å². The largest absolute Gasteiger partial charge is 0.470 e. The minimum absolute atomic E-state index is 0.0434. The normalized spacial score (nSPS) is 19.8. The highest BCUT2D eigenvalue weighted by Crippen LogP contribution is 2.62. The summed E-state index contributed by atoms with van der Waals surface area (Å²) in [5, 5.41) is 0. The molecule has 0 N–H and O–H groups in total. The van der Waals surface area contributed by atoms with E-state index in [0.717, 1.165) is 27.0 Å². The Morgan fingerprint density at radius 1 is 0.966 bits per heavy atom. The van der Waals surface area contributed by atoms with E-state index in [2.05, 4.69) is 22.5 Å². The van der Waals surface area contributed by atoms with Gasteiger partial charge in [-0.2, -0.15) is 0 Å². The van der Waals surface area contributed by atoms with Crippen LogP contribution in [-0.2, 0) is 10.3 Å². The molecule has 0 unspecified atom stereocenters. The summed E-state index contributed by atoms with van der Waals surface area (Å²) >= 11 is 3.64. The van der Waals surface area contributed by atoms with Gasteiger partial charge in [0.1, 0.15) is 5.76 Å². The lowest BCUT2D eigenvalue weighted by molar-refractivity contribution is 0.0568. The highest BCUT2D eigenvalue weighted by atomic mass is 79.9. The number of likely N-dealkylation sites (N-methyl/N-ethyl adjacent to an activating group) is 1. The number of ketones is 1. The van der Waals surface area contributed by atoms with Crippen LogP contribution in [-0.4, -0.2) is 12.8 Å². The minimum atomic E-state index is -0.980. The molecule has 1 atom stereocenters. The summed E-state index contributed by atoms with van der Waals surface area (Å²) < 4.78 is 7.43. The smallest absolute Gasteiger partial charge is 0.208 e. The SMILES string of the molecule is C=C1N(C)c2c(Br)cccc2[C@]12OC(c1ccccc1)=C2C(=O)c1ccccc1. The van der Waals surface area contributed by atoms with E-state index in [1.807, 2.05) is 90.8 Å². The Balaban J connectivity index is 1.78. The predicted octanol–water partition coefficient (Wildman–Crippen LogP) is 5.93. The van der Waals surface area contributed by atoms with Crippen LogP contribution in [0.25, 0.3) is 5.76 Å². The van der Waals surface area contributed by atoms with Gasteiger partial charge in [-0.25, -0.2) is 0 Å². The van der Waals surface area contributed by atoms with Crippen LogP contribution in [0.3, 0.4) is 0 Å². The van der Waals surface area contributed by atoms with Gasteiger partial charge in [0, 0.05) is 28.2 Å². The van der Waals surface area contributed by atoms with Crippen molar-refractivity contribution in [2.45, 2.75) is 5.60 Å². The number of halogens is 1. The van der Waals surface area contributed by atoms with Crippen LogP contribution < -0.4 is 4.90 Å². The number of carbonyl (C=O) groups is 1. The summed E-state index contributed by atoms with van der Waals surface area (Å²) in [5.74, 6) is 0.569. The Morgan fingerprint density at radius 3 is 2.31 bits per heavy atom. The number of para-hydroxylation sites is 1. The molecule has 0 saturated heterocycles. The number of fused-ring (bicyclic) bond motifs is 2. The Morgan fingerprint density at radius 2 is 1.62 bits per heavy atom. The highest BCUT2D eigenvalue weighted by Gasteiger charge is 2.60. The lowest BCUT2D eigenvalue weighted by atomic mass is 9.75. The van der Waals surface area contributed by atoms with Gasteiger partial charge < -0.3 is 9.64 Å². The zero-order valence-electron chi connectivity index (χ0n) is 15.9. The zero-order valence-corrected chi connectivity index (χ0v) is 17.4. The molecule has 3 aromatic carbocycles. The average molecular weight is 444 g/mol. The van der Waals surface area contributed by atoms with Crippen LogP contribution in [0, 0.1) is 0 Å². The average Bonchev–Trinajstić information content (AvgIpc) is 2.97. The number of ether oxygens (including phenoxy) is 1. The number of rotatable bonds is 3. The molecule has 1 spiro atoms. The Labute approximate surface area is 178 Å². The summed E-state index contributed by atoms with van der Waals surface area (Å²) in [5.41, 5.74) is 3.81. The quantitative estimate of drug-likeness (QED) is 0.469. The van der Waals surface area contributed by atoms with Gasteiger partial charge >= 0.3 is 0 Å². The fraction of sp³-hybridized carbons (Fsp3) is 0.0800. The number of hydrogen-bond acceptors (Lipinski definition) is 3. The molecule has 142 valence electrons. The van der Waals surface area contributed by atoms with Gasteiger partial charge in [-0.05, 0) is 22.0 Å². The van der Waals surface area contributed by atoms with Gasteiger partial charge in [-0.3, -0.25) is 4.79 Å². The lowest BCUT2D eigenvalue weighted by Gasteiger charge is -2.44. The summed E-state index contributed by atoms with van der Waals surface area (Å²) in [6.45, 7) is 4.31. The molecular formula is C25H18BrNO2. The maximum Gasteiger partial charge on any atom is 0.208 e. The molecular weight excluding hydrogens is 426 g/mol. The van der Waals surface area contributed by atoms with E-state index in [0.29, 0.717) is 16.9 Å². The lowest BCUT2D eigenvalue weighted by Crippen LogP contribution is -2.44. The second-order valence-corrected chi connectivity index (χ2v) is 8.04. The van der Waals surface area contributed by atoms with Crippen molar-refractivity contribution in [1.29, 1.82) is 0 Å². The molecule has 0 fully saturated rings. The summed E-state index contributed by atoms with van der Waals surface area (Å²) in [4.78, 5) is 15.7. The molecule has 0 bridgehead atoms. The molecule has 3 aromatic rings. The molecule has 4 heteroatoms. The monoisotopic (exact) mass is 443 g/mol. The van der Waals surface area contributed by atoms with Gasteiger partial charge in [0.25, 0.3) is 0 Å². The third-order valence-corrected chi connectivity index (χ3v) is 6.29. The minimum Gasteiger partial charge on any atom is -0.470 e. The second-order valence-electron chi connectivity index (χ2n) is 7.19.